The predicted octanol–water partition coefficient (Wildman–Crippen LogP) is 4.72. The minimum absolute atomic E-state index is 0.248. The van der Waals surface area contributed by atoms with Crippen LogP contribution in [-0.2, 0) is 6.18 Å². The molecule has 1 atom stereocenters. The highest BCUT2D eigenvalue weighted by Crippen LogP contribution is 2.35. The van der Waals surface area contributed by atoms with Gasteiger partial charge in [0.05, 0.1) is 5.56 Å². The van der Waals surface area contributed by atoms with E-state index in [4.69, 9.17) is 0 Å². The highest BCUT2D eigenvalue weighted by atomic mass is 19.4. The molecule has 0 aliphatic carbocycles. The summed E-state index contributed by atoms with van der Waals surface area (Å²) < 4.78 is 38.9. The van der Waals surface area contributed by atoms with Crippen molar-refractivity contribution in [2.75, 3.05) is 7.05 Å². The average Bonchev–Trinajstić information content (AvgIpc) is 2.42. The average molecular weight is 288 g/mol. The van der Waals surface area contributed by atoms with Crippen LogP contribution >= 0.6 is 0 Å². The van der Waals surface area contributed by atoms with Crippen molar-refractivity contribution in [1.29, 1.82) is 0 Å². The molecule has 20 heavy (non-hydrogen) atoms. The predicted molar refractivity (Wildman–Crippen MR) is 74.4 cm³/mol. The van der Waals surface area contributed by atoms with E-state index in [1.807, 2.05) is 0 Å². The van der Waals surface area contributed by atoms with E-state index < -0.39 is 11.7 Å². The maximum atomic E-state index is 13.0. The Bertz CT molecular complexity index is 391. The third kappa shape index (κ3) is 5.12. The molecule has 0 bridgehead atoms. The van der Waals surface area contributed by atoms with Crippen molar-refractivity contribution >= 4 is 0 Å². The third-order valence-electron chi connectivity index (χ3n) is 3.48. The Kier molecular flexibility index (Phi) is 6.99. The molecule has 0 amide bonds. The van der Waals surface area contributed by atoms with Crippen molar-refractivity contribution in [3.05, 3.63) is 29.6 Å². The van der Waals surface area contributed by atoms with E-state index in [-0.39, 0.29) is 11.6 Å². The first-order valence-corrected chi connectivity index (χ1v) is 7.19. The lowest BCUT2D eigenvalue weighted by Crippen LogP contribution is -2.21. The lowest BCUT2D eigenvalue weighted by Gasteiger charge is -2.20. The van der Waals surface area contributed by atoms with Crippen LogP contribution in [0.15, 0.2) is 18.5 Å². The first-order chi connectivity index (χ1) is 9.50. The number of aromatic nitrogens is 1. The molecule has 0 spiro atoms. The Morgan fingerprint density at radius 3 is 2.50 bits per heavy atom. The molecule has 2 nitrogen and oxygen atoms in total. The van der Waals surface area contributed by atoms with E-state index in [2.05, 4.69) is 17.2 Å². The maximum Gasteiger partial charge on any atom is 0.416 e. The van der Waals surface area contributed by atoms with Gasteiger partial charge in [0.1, 0.15) is 0 Å². The van der Waals surface area contributed by atoms with Gasteiger partial charge in [-0.1, -0.05) is 39.0 Å². The fourth-order valence-corrected chi connectivity index (χ4v) is 2.35. The van der Waals surface area contributed by atoms with Gasteiger partial charge >= 0.3 is 6.18 Å². The summed E-state index contributed by atoms with van der Waals surface area (Å²) in [6, 6.07) is 0.762. The summed E-state index contributed by atoms with van der Waals surface area (Å²) in [6.07, 6.45) is 4.39. The van der Waals surface area contributed by atoms with Gasteiger partial charge in [-0.05, 0) is 25.1 Å². The topological polar surface area (TPSA) is 24.9 Å². The molecule has 0 saturated carbocycles. The number of nitrogens with one attached hydrogen (secondary N) is 1. The standard InChI is InChI=1S/C15H23F3N2/c1-3-4-5-6-7-8-14(19-2)12-11-20-10-9-13(12)15(16,17)18/h9-11,14,19H,3-8H2,1-2H3. The summed E-state index contributed by atoms with van der Waals surface area (Å²) in [5.41, 5.74) is -0.335. The highest BCUT2D eigenvalue weighted by molar-refractivity contribution is 5.29. The quantitative estimate of drug-likeness (QED) is 0.700. The second-order valence-electron chi connectivity index (χ2n) is 5.00. The molecule has 1 N–H and O–H groups in total. The second-order valence-corrected chi connectivity index (χ2v) is 5.00. The minimum Gasteiger partial charge on any atom is -0.313 e. The fraction of sp³-hybridized carbons (Fsp3) is 0.667. The summed E-state index contributed by atoms with van der Waals surface area (Å²) >= 11 is 0. The van der Waals surface area contributed by atoms with Gasteiger partial charge in [0.2, 0.25) is 0 Å². The van der Waals surface area contributed by atoms with Gasteiger partial charge in [-0.3, -0.25) is 4.98 Å². The van der Waals surface area contributed by atoms with Crippen LogP contribution < -0.4 is 5.32 Å². The van der Waals surface area contributed by atoms with Crippen LogP contribution in [-0.4, -0.2) is 12.0 Å². The van der Waals surface area contributed by atoms with Crippen molar-refractivity contribution in [2.45, 2.75) is 57.7 Å². The first-order valence-electron chi connectivity index (χ1n) is 7.19. The van der Waals surface area contributed by atoms with Crippen molar-refractivity contribution in [2.24, 2.45) is 0 Å². The molecule has 0 aliphatic rings. The largest absolute Gasteiger partial charge is 0.416 e. The van der Waals surface area contributed by atoms with Gasteiger partial charge in [-0.15, -0.1) is 0 Å². The van der Waals surface area contributed by atoms with E-state index in [1.54, 1.807) is 7.05 Å². The zero-order valence-electron chi connectivity index (χ0n) is 12.1. The first kappa shape index (κ1) is 17.0. The number of halogens is 3. The zero-order chi connectivity index (χ0) is 15.0. The van der Waals surface area contributed by atoms with E-state index in [0.717, 1.165) is 31.7 Å². The minimum atomic E-state index is -4.32. The smallest absolute Gasteiger partial charge is 0.313 e. The molecule has 0 radical (unpaired) electrons. The molecule has 0 fully saturated rings. The van der Waals surface area contributed by atoms with Crippen LogP contribution in [0.5, 0.6) is 0 Å². The number of unbranched alkanes of at least 4 members (excludes halogenated alkanes) is 4. The van der Waals surface area contributed by atoms with Crippen LogP contribution in [0.4, 0.5) is 13.2 Å². The zero-order valence-corrected chi connectivity index (χ0v) is 12.1. The molecule has 0 saturated heterocycles. The van der Waals surface area contributed by atoms with Crippen LogP contribution in [0.3, 0.4) is 0 Å². The van der Waals surface area contributed by atoms with Gasteiger partial charge in [0.15, 0.2) is 0 Å². The summed E-state index contributed by atoms with van der Waals surface area (Å²) in [4.78, 5) is 3.85. The second kappa shape index (κ2) is 8.25. The monoisotopic (exact) mass is 288 g/mol. The number of hydrogen-bond acceptors (Lipinski definition) is 2. The molecule has 0 aliphatic heterocycles. The lowest BCUT2D eigenvalue weighted by molar-refractivity contribution is -0.138. The van der Waals surface area contributed by atoms with Crippen molar-refractivity contribution in [3.63, 3.8) is 0 Å². The summed E-state index contributed by atoms with van der Waals surface area (Å²) in [7, 11) is 1.70. The Morgan fingerprint density at radius 2 is 1.90 bits per heavy atom. The van der Waals surface area contributed by atoms with Gasteiger partial charge in [-0.2, -0.15) is 13.2 Å². The van der Waals surface area contributed by atoms with Gasteiger partial charge < -0.3 is 5.32 Å². The highest BCUT2D eigenvalue weighted by Gasteiger charge is 2.34. The number of rotatable bonds is 8. The van der Waals surface area contributed by atoms with Crippen LogP contribution in [0, 0.1) is 0 Å². The molecule has 1 aromatic heterocycles. The fourth-order valence-electron chi connectivity index (χ4n) is 2.35. The lowest BCUT2D eigenvalue weighted by atomic mass is 9.97. The Morgan fingerprint density at radius 1 is 1.20 bits per heavy atom. The third-order valence-corrected chi connectivity index (χ3v) is 3.48. The van der Waals surface area contributed by atoms with Crippen molar-refractivity contribution in [3.8, 4) is 0 Å². The Balaban J connectivity index is 2.70. The molecule has 1 rings (SSSR count). The molecule has 1 unspecified atom stereocenters. The van der Waals surface area contributed by atoms with Crippen molar-refractivity contribution in [1.82, 2.24) is 10.3 Å². The number of alkyl halides is 3. The molecular formula is C15H23F3N2. The van der Waals surface area contributed by atoms with E-state index in [1.165, 1.54) is 18.8 Å². The van der Waals surface area contributed by atoms with Gasteiger partial charge in [-0.25, -0.2) is 0 Å². The van der Waals surface area contributed by atoms with Crippen LogP contribution in [0.2, 0.25) is 0 Å². The molecule has 5 heteroatoms. The SMILES string of the molecule is CCCCCCCC(NC)c1cnccc1C(F)(F)F. The summed E-state index contributed by atoms with van der Waals surface area (Å²) in [5.74, 6) is 0. The molecule has 114 valence electrons. The molecule has 1 aromatic rings. The number of hydrogen-bond donors (Lipinski definition) is 1. The van der Waals surface area contributed by atoms with E-state index in [0.29, 0.717) is 6.42 Å². The van der Waals surface area contributed by atoms with Crippen LogP contribution in [0.25, 0.3) is 0 Å². The number of nitrogens with zero attached hydrogens (tertiary/aromatic N) is 1. The Labute approximate surface area is 118 Å². The van der Waals surface area contributed by atoms with E-state index >= 15 is 0 Å². The molecule has 0 aromatic carbocycles. The summed E-state index contributed by atoms with van der Waals surface area (Å²) in [6.45, 7) is 2.14. The summed E-state index contributed by atoms with van der Waals surface area (Å²) in [5, 5.41) is 2.98. The van der Waals surface area contributed by atoms with Crippen LogP contribution in [0.1, 0.15) is 62.6 Å². The van der Waals surface area contributed by atoms with Gasteiger partial charge in [0, 0.05) is 18.4 Å². The van der Waals surface area contributed by atoms with Crippen molar-refractivity contribution < 1.29 is 13.2 Å². The van der Waals surface area contributed by atoms with Gasteiger partial charge in [0.25, 0.3) is 0 Å². The normalized spacial score (nSPS) is 13.4. The van der Waals surface area contributed by atoms with E-state index in [9.17, 15) is 13.2 Å². The number of pyridine rings is 1. The molecule has 1 heterocycles. The maximum absolute atomic E-state index is 13.0. The molecular weight excluding hydrogens is 265 g/mol. The Hall–Kier alpha value is -1.10.